The molecule has 1 atom stereocenters. The molecule has 0 amide bonds. The molecule has 0 aliphatic rings. The molecule has 0 saturated carbocycles. The summed E-state index contributed by atoms with van der Waals surface area (Å²) in [5, 5.41) is 7.12. The van der Waals surface area contributed by atoms with Crippen molar-refractivity contribution < 1.29 is 0 Å². The van der Waals surface area contributed by atoms with E-state index in [2.05, 4.69) is 37.9 Å². The lowest BCUT2D eigenvalue weighted by atomic mass is 9.95. The molecule has 1 rings (SSSR count). The standard InChI is InChI=1S/C11H21N3/c1-5-8(4)6-9-10(7(2)3)11(12)14-13-9/h7-8H,5-6H2,1-4H3,(H3,12,13,14). The fourth-order valence-electron chi connectivity index (χ4n) is 1.70. The van der Waals surface area contributed by atoms with Gasteiger partial charge in [-0.25, -0.2) is 0 Å². The van der Waals surface area contributed by atoms with Gasteiger partial charge in [0, 0.05) is 11.3 Å². The Kier molecular flexibility index (Phi) is 3.55. The van der Waals surface area contributed by atoms with Crippen molar-refractivity contribution in [3.63, 3.8) is 0 Å². The van der Waals surface area contributed by atoms with Gasteiger partial charge in [0.2, 0.25) is 0 Å². The fraction of sp³-hybridized carbons (Fsp3) is 0.727. The number of H-pyrrole nitrogens is 1. The van der Waals surface area contributed by atoms with Crippen LogP contribution in [0.1, 0.15) is 51.3 Å². The van der Waals surface area contributed by atoms with Gasteiger partial charge < -0.3 is 5.73 Å². The van der Waals surface area contributed by atoms with Gasteiger partial charge >= 0.3 is 0 Å². The molecule has 0 saturated heterocycles. The first kappa shape index (κ1) is 11.1. The SMILES string of the molecule is CCC(C)Cc1[nH]nc(N)c1C(C)C. The van der Waals surface area contributed by atoms with Gasteiger partial charge in [0.15, 0.2) is 0 Å². The molecular weight excluding hydrogens is 174 g/mol. The van der Waals surface area contributed by atoms with Gasteiger partial charge in [-0.3, -0.25) is 5.10 Å². The summed E-state index contributed by atoms with van der Waals surface area (Å²) in [6.45, 7) is 8.77. The van der Waals surface area contributed by atoms with Gasteiger partial charge in [0.25, 0.3) is 0 Å². The van der Waals surface area contributed by atoms with Crippen LogP contribution in [0.2, 0.25) is 0 Å². The molecule has 0 aliphatic heterocycles. The predicted molar refractivity (Wildman–Crippen MR) is 60.2 cm³/mol. The highest BCUT2D eigenvalue weighted by Crippen LogP contribution is 2.25. The zero-order chi connectivity index (χ0) is 10.7. The summed E-state index contributed by atoms with van der Waals surface area (Å²) in [6, 6.07) is 0. The molecule has 3 nitrogen and oxygen atoms in total. The Morgan fingerprint density at radius 2 is 2.00 bits per heavy atom. The molecule has 1 heterocycles. The smallest absolute Gasteiger partial charge is 0.148 e. The van der Waals surface area contributed by atoms with Crippen molar-refractivity contribution in [3.05, 3.63) is 11.3 Å². The Bertz CT molecular complexity index is 289. The van der Waals surface area contributed by atoms with Crippen LogP contribution in [0.25, 0.3) is 0 Å². The third-order valence-electron chi connectivity index (χ3n) is 2.74. The van der Waals surface area contributed by atoms with Crippen LogP contribution in [-0.2, 0) is 6.42 Å². The van der Waals surface area contributed by atoms with Gasteiger partial charge in [0.05, 0.1) is 0 Å². The molecule has 0 radical (unpaired) electrons. The first-order chi connectivity index (χ1) is 6.56. The van der Waals surface area contributed by atoms with E-state index in [4.69, 9.17) is 5.73 Å². The maximum absolute atomic E-state index is 5.82. The average molecular weight is 195 g/mol. The van der Waals surface area contributed by atoms with Crippen LogP contribution in [0, 0.1) is 5.92 Å². The summed E-state index contributed by atoms with van der Waals surface area (Å²) in [4.78, 5) is 0. The molecule has 0 bridgehead atoms. The number of anilines is 1. The summed E-state index contributed by atoms with van der Waals surface area (Å²) in [7, 11) is 0. The van der Waals surface area contributed by atoms with E-state index in [9.17, 15) is 0 Å². The van der Waals surface area contributed by atoms with Gasteiger partial charge in [-0.1, -0.05) is 34.1 Å². The molecule has 0 fully saturated rings. The Morgan fingerprint density at radius 1 is 1.36 bits per heavy atom. The molecule has 1 aromatic heterocycles. The van der Waals surface area contributed by atoms with E-state index in [0.717, 1.165) is 6.42 Å². The molecule has 3 N–H and O–H groups in total. The van der Waals surface area contributed by atoms with Crippen molar-refractivity contribution >= 4 is 5.82 Å². The second-order valence-electron chi connectivity index (χ2n) is 4.37. The van der Waals surface area contributed by atoms with Crippen LogP contribution in [0.4, 0.5) is 5.82 Å². The molecular formula is C11H21N3. The maximum Gasteiger partial charge on any atom is 0.148 e. The molecule has 0 aliphatic carbocycles. The van der Waals surface area contributed by atoms with Crippen molar-refractivity contribution in [1.82, 2.24) is 10.2 Å². The van der Waals surface area contributed by atoms with E-state index in [1.54, 1.807) is 0 Å². The van der Waals surface area contributed by atoms with E-state index >= 15 is 0 Å². The molecule has 80 valence electrons. The third-order valence-corrected chi connectivity index (χ3v) is 2.74. The highest BCUT2D eigenvalue weighted by atomic mass is 15.2. The lowest BCUT2D eigenvalue weighted by Crippen LogP contribution is -2.03. The van der Waals surface area contributed by atoms with Crippen LogP contribution in [0.15, 0.2) is 0 Å². The normalized spacial score (nSPS) is 13.5. The minimum Gasteiger partial charge on any atom is -0.382 e. The Hall–Kier alpha value is -0.990. The molecule has 3 heteroatoms. The summed E-state index contributed by atoms with van der Waals surface area (Å²) in [5.41, 5.74) is 8.23. The summed E-state index contributed by atoms with van der Waals surface area (Å²) in [6.07, 6.45) is 2.24. The van der Waals surface area contributed by atoms with Crippen molar-refractivity contribution in [1.29, 1.82) is 0 Å². The number of aromatic nitrogens is 2. The van der Waals surface area contributed by atoms with E-state index < -0.39 is 0 Å². The molecule has 14 heavy (non-hydrogen) atoms. The van der Waals surface area contributed by atoms with Crippen LogP contribution in [0.3, 0.4) is 0 Å². The first-order valence-electron chi connectivity index (χ1n) is 5.38. The van der Waals surface area contributed by atoms with Gasteiger partial charge in [-0.15, -0.1) is 0 Å². The second kappa shape index (κ2) is 4.49. The summed E-state index contributed by atoms with van der Waals surface area (Å²) in [5.74, 6) is 1.80. The molecule has 0 aromatic carbocycles. The second-order valence-corrected chi connectivity index (χ2v) is 4.37. The number of rotatable bonds is 4. The van der Waals surface area contributed by atoms with Crippen molar-refractivity contribution in [2.75, 3.05) is 5.73 Å². The van der Waals surface area contributed by atoms with Crippen LogP contribution in [0.5, 0.6) is 0 Å². The summed E-state index contributed by atoms with van der Waals surface area (Å²) < 4.78 is 0. The maximum atomic E-state index is 5.82. The third kappa shape index (κ3) is 2.28. The van der Waals surface area contributed by atoms with E-state index in [1.165, 1.54) is 17.7 Å². The number of nitrogen functional groups attached to an aromatic ring is 1. The Balaban J connectivity index is 2.86. The van der Waals surface area contributed by atoms with Crippen LogP contribution >= 0.6 is 0 Å². The van der Waals surface area contributed by atoms with Crippen molar-refractivity contribution in [2.45, 2.75) is 46.5 Å². The van der Waals surface area contributed by atoms with Crippen LogP contribution < -0.4 is 5.73 Å². The summed E-state index contributed by atoms with van der Waals surface area (Å²) >= 11 is 0. The number of nitrogens with two attached hydrogens (primary N) is 1. The zero-order valence-electron chi connectivity index (χ0n) is 9.59. The minimum atomic E-state index is 0.452. The Morgan fingerprint density at radius 3 is 2.50 bits per heavy atom. The quantitative estimate of drug-likeness (QED) is 0.776. The number of hydrogen-bond donors (Lipinski definition) is 2. The van der Waals surface area contributed by atoms with E-state index in [1.807, 2.05) is 0 Å². The van der Waals surface area contributed by atoms with Gasteiger partial charge in [-0.05, 0) is 18.3 Å². The van der Waals surface area contributed by atoms with Gasteiger partial charge in [0.1, 0.15) is 5.82 Å². The van der Waals surface area contributed by atoms with Gasteiger partial charge in [-0.2, -0.15) is 5.10 Å². The average Bonchev–Trinajstić information content (AvgIpc) is 2.46. The number of nitrogens with one attached hydrogen (secondary N) is 1. The lowest BCUT2D eigenvalue weighted by molar-refractivity contribution is 0.548. The number of aromatic amines is 1. The number of hydrogen-bond acceptors (Lipinski definition) is 2. The fourth-order valence-corrected chi connectivity index (χ4v) is 1.70. The first-order valence-corrected chi connectivity index (χ1v) is 5.38. The monoisotopic (exact) mass is 195 g/mol. The number of nitrogens with zero attached hydrogens (tertiary/aromatic N) is 1. The molecule has 0 spiro atoms. The zero-order valence-corrected chi connectivity index (χ0v) is 9.59. The van der Waals surface area contributed by atoms with Crippen LogP contribution in [-0.4, -0.2) is 10.2 Å². The highest BCUT2D eigenvalue weighted by Gasteiger charge is 2.15. The topological polar surface area (TPSA) is 54.7 Å². The predicted octanol–water partition coefficient (Wildman–Crippen LogP) is 2.70. The molecule has 1 aromatic rings. The van der Waals surface area contributed by atoms with E-state index in [0.29, 0.717) is 17.7 Å². The van der Waals surface area contributed by atoms with Crippen molar-refractivity contribution in [2.24, 2.45) is 5.92 Å². The van der Waals surface area contributed by atoms with E-state index in [-0.39, 0.29) is 0 Å². The Labute approximate surface area is 86.1 Å². The minimum absolute atomic E-state index is 0.452. The highest BCUT2D eigenvalue weighted by molar-refractivity contribution is 5.44. The largest absolute Gasteiger partial charge is 0.382 e. The van der Waals surface area contributed by atoms with Crippen molar-refractivity contribution in [3.8, 4) is 0 Å². The lowest BCUT2D eigenvalue weighted by Gasteiger charge is -2.10. The molecule has 1 unspecified atom stereocenters.